The van der Waals surface area contributed by atoms with E-state index in [9.17, 15) is 4.79 Å². The number of nitrogens with two attached hydrogens (primary N) is 1. The molecule has 1 rings (SSSR count). The van der Waals surface area contributed by atoms with Crippen molar-refractivity contribution in [1.82, 2.24) is 5.32 Å². The van der Waals surface area contributed by atoms with Gasteiger partial charge in [-0.1, -0.05) is 12.1 Å². The normalized spacial score (nSPS) is 10.5. The van der Waals surface area contributed by atoms with Crippen molar-refractivity contribution in [1.29, 1.82) is 0 Å². The Labute approximate surface area is 109 Å². The van der Waals surface area contributed by atoms with Gasteiger partial charge in [-0.25, -0.2) is 0 Å². The zero-order chi connectivity index (χ0) is 13.5. The summed E-state index contributed by atoms with van der Waals surface area (Å²) < 4.78 is 0. The number of hydrogen-bond donors (Lipinski definition) is 2. The summed E-state index contributed by atoms with van der Waals surface area (Å²) in [5, 5.41) is 2.65. The van der Waals surface area contributed by atoms with Crippen LogP contribution in [0.2, 0.25) is 0 Å². The van der Waals surface area contributed by atoms with E-state index in [-0.39, 0.29) is 5.91 Å². The van der Waals surface area contributed by atoms with Crippen molar-refractivity contribution in [3.63, 3.8) is 0 Å². The van der Waals surface area contributed by atoms with Gasteiger partial charge in [0, 0.05) is 38.3 Å². The lowest BCUT2D eigenvalue weighted by Crippen LogP contribution is -2.34. The molecule has 0 aliphatic heterocycles. The monoisotopic (exact) mass is 249 g/mol. The molecule has 100 valence electrons. The number of anilines is 1. The molecule has 1 aromatic rings. The Morgan fingerprint density at radius 3 is 2.39 bits per heavy atom. The van der Waals surface area contributed by atoms with E-state index in [1.165, 1.54) is 0 Å². The fraction of sp³-hybridized carbons (Fsp3) is 0.500. The summed E-state index contributed by atoms with van der Waals surface area (Å²) >= 11 is 0. The summed E-state index contributed by atoms with van der Waals surface area (Å²) in [7, 11) is 1.66. The van der Waals surface area contributed by atoms with Gasteiger partial charge in [-0.15, -0.1) is 0 Å². The van der Waals surface area contributed by atoms with E-state index in [0.717, 1.165) is 17.8 Å². The summed E-state index contributed by atoms with van der Waals surface area (Å²) in [4.78, 5) is 13.5. The highest BCUT2D eigenvalue weighted by Crippen LogP contribution is 2.18. The molecule has 0 saturated carbocycles. The second kappa shape index (κ2) is 7.01. The first-order valence-electron chi connectivity index (χ1n) is 6.34. The van der Waals surface area contributed by atoms with E-state index < -0.39 is 0 Å². The number of amides is 1. The van der Waals surface area contributed by atoms with Gasteiger partial charge in [-0.2, -0.15) is 0 Å². The highest BCUT2D eigenvalue weighted by Gasteiger charge is 2.11. The number of carbonyl (C=O) groups excluding carboxylic acids is 1. The number of benzene rings is 1. The molecular weight excluding hydrogens is 226 g/mol. The van der Waals surface area contributed by atoms with E-state index >= 15 is 0 Å². The minimum absolute atomic E-state index is 0.0687. The highest BCUT2D eigenvalue weighted by atomic mass is 16.1. The number of carbonyl (C=O) groups is 1. The topological polar surface area (TPSA) is 58.4 Å². The van der Waals surface area contributed by atoms with Gasteiger partial charge in [0.25, 0.3) is 0 Å². The molecule has 3 N–H and O–H groups in total. The minimum atomic E-state index is 0.0687. The smallest absolute Gasteiger partial charge is 0.221 e. The van der Waals surface area contributed by atoms with Crippen molar-refractivity contribution in [2.24, 2.45) is 5.73 Å². The largest absolute Gasteiger partial charge is 0.369 e. The third kappa shape index (κ3) is 4.04. The van der Waals surface area contributed by atoms with E-state index in [1.807, 2.05) is 12.1 Å². The molecule has 4 heteroatoms. The van der Waals surface area contributed by atoms with E-state index in [4.69, 9.17) is 5.73 Å². The van der Waals surface area contributed by atoms with Crippen LogP contribution >= 0.6 is 0 Å². The number of hydrogen-bond acceptors (Lipinski definition) is 3. The van der Waals surface area contributed by atoms with Gasteiger partial charge in [0.1, 0.15) is 0 Å². The molecule has 0 radical (unpaired) electrons. The molecule has 18 heavy (non-hydrogen) atoms. The van der Waals surface area contributed by atoms with Gasteiger partial charge in [-0.3, -0.25) is 4.79 Å². The molecule has 0 aliphatic carbocycles. The molecule has 0 spiro atoms. The van der Waals surface area contributed by atoms with Gasteiger partial charge in [0.15, 0.2) is 0 Å². The lowest BCUT2D eigenvalue weighted by molar-refractivity contribution is -0.120. The van der Waals surface area contributed by atoms with Gasteiger partial charge in [0.05, 0.1) is 0 Å². The van der Waals surface area contributed by atoms with Gasteiger partial charge in [-0.05, 0) is 31.5 Å². The summed E-state index contributed by atoms with van der Waals surface area (Å²) in [5.74, 6) is 0.0687. The van der Waals surface area contributed by atoms with Crippen molar-refractivity contribution in [2.75, 3.05) is 18.5 Å². The summed E-state index contributed by atoms with van der Waals surface area (Å²) in [6.45, 7) is 5.53. The van der Waals surface area contributed by atoms with Crippen LogP contribution in [0.15, 0.2) is 24.3 Å². The molecular formula is C14H23N3O. The van der Waals surface area contributed by atoms with Crippen LogP contribution in [-0.4, -0.2) is 25.5 Å². The van der Waals surface area contributed by atoms with Gasteiger partial charge in [0.2, 0.25) is 5.91 Å². The Hall–Kier alpha value is -1.55. The molecule has 0 heterocycles. The van der Waals surface area contributed by atoms with E-state index in [2.05, 4.69) is 36.2 Å². The number of nitrogens with one attached hydrogen (secondary N) is 1. The molecule has 1 amide bonds. The predicted molar refractivity (Wildman–Crippen MR) is 75.5 cm³/mol. The van der Waals surface area contributed by atoms with Crippen LogP contribution in [0, 0.1) is 0 Å². The van der Waals surface area contributed by atoms with Gasteiger partial charge < -0.3 is 16.0 Å². The Kier molecular flexibility index (Phi) is 5.65. The van der Waals surface area contributed by atoms with Crippen molar-refractivity contribution in [3.8, 4) is 0 Å². The molecule has 0 aromatic heterocycles. The minimum Gasteiger partial charge on any atom is -0.369 e. The molecule has 0 atom stereocenters. The van der Waals surface area contributed by atoms with Crippen LogP contribution in [0.4, 0.5) is 5.69 Å². The van der Waals surface area contributed by atoms with Crippen molar-refractivity contribution >= 4 is 11.6 Å². The molecule has 0 fully saturated rings. The standard InChI is InChI=1S/C14H23N3O/c1-11(2)17(9-8-14(18)16-3)13-6-4-12(10-15)5-7-13/h4-7,11H,8-10,15H2,1-3H3,(H,16,18). The zero-order valence-corrected chi connectivity index (χ0v) is 11.4. The molecule has 0 aliphatic rings. The van der Waals surface area contributed by atoms with Crippen LogP contribution in [0.3, 0.4) is 0 Å². The lowest BCUT2D eigenvalue weighted by atomic mass is 10.1. The van der Waals surface area contributed by atoms with Gasteiger partial charge >= 0.3 is 0 Å². The predicted octanol–water partition coefficient (Wildman–Crippen LogP) is 1.50. The third-order valence-corrected chi connectivity index (χ3v) is 2.99. The highest BCUT2D eigenvalue weighted by molar-refractivity contribution is 5.76. The summed E-state index contributed by atoms with van der Waals surface area (Å²) in [6.07, 6.45) is 0.507. The second-order valence-electron chi connectivity index (χ2n) is 4.58. The molecule has 0 unspecified atom stereocenters. The van der Waals surface area contributed by atoms with E-state index in [1.54, 1.807) is 7.05 Å². The second-order valence-corrected chi connectivity index (χ2v) is 4.58. The molecule has 0 saturated heterocycles. The fourth-order valence-corrected chi connectivity index (χ4v) is 1.86. The zero-order valence-electron chi connectivity index (χ0n) is 11.4. The Bertz CT molecular complexity index is 373. The first-order valence-corrected chi connectivity index (χ1v) is 6.34. The first kappa shape index (κ1) is 14.5. The lowest BCUT2D eigenvalue weighted by Gasteiger charge is -2.29. The maximum absolute atomic E-state index is 11.3. The Balaban J connectivity index is 2.74. The molecule has 0 bridgehead atoms. The average Bonchev–Trinajstić information content (AvgIpc) is 2.39. The summed E-state index contributed by atoms with van der Waals surface area (Å²) in [5.41, 5.74) is 7.84. The first-order chi connectivity index (χ1) is 8.58. The van der Waals surface area contributed by atoms with Crippen LogP contribution in [-0.2, 0) is 11.3 Å². The maximum Gasteiger partial charge on any atom is 0.221 e. The van der Waals surface area contributed by atoms with Crippen molar-refractivity contribution < 1.29 is 4.79 Å². The molecule has 4 nitrogen and oxygen atoms in total. The third-order valence-electron chi connectivity index (χ3n) is 2.99. The SMILES string of the molecule is CNC(=O)CCN(c1ccc(CN)cc1)C(C)C. The van der Waals surface area contributed by atoms with E-state index in [0.29, 0.717) is 19.0 Å². The van der Waals surface area contributed by atoms with Crippen LogP contribution in [0.25, 0.3) is 0 Å². The van der Waals surface area contributed by atoms with Crippen molar-refractivity contribution in [3.05, 3.63) is 29.8 Å². The number of nitrogens with zero attached hydrogens (tertiary/aromatic N) is 1. The average molecular weight is 249 g/mol. The molecule has 1 aromatic carbocycles. The van der Waals surface area contributed by atoms with Crippen molar-refractivity contribution in [2.45, 2.75) is 32.9 Å². The number of rotatable bonds is 6. The van der Waals surface area contributed by atoms with Crippen LogP contribution < -0.4 is 16.0 Å². The summed E-state index contributed by atoms with van der Waals surface area (Å²) in [6, 6.07) is 8.55. The van der Waals surface area contributed by atoms with Crippen LogP contribution in [0.5, 0.6) is 0 Å². The Morgan fingerprint density at radius 2 is 1.94 bits per heavy atom. The van der Waals surface area contributed by atoms with Crippen LogP contribution in [0.1, 0.15) is 25.8 Å². The fourth-order valence-electron chi connectivity index (χ4n) is 1.86. The maximum atomic E-state index is 11.3. The quantitative estimate of drug-likeness (QED) is 0.803. The Morgan fingerprint density at radius 1 is 1.33 bits per heavy atom.